The zero-order chi connectivity index (χ0) is 15.4. The first-order valence-electron chi connectivity index (χ1n) is 6.45. The van der Waals surface area contributed by atoms with Crippen molar-refractivity contribution in [1.82, 2.24) is 19.7 Å². The van der Waals surface area contributed by atoms with E-state index in [1.165, 1.54) is 17.3 Å². The van der Waals surface area contributed by atoms with E-state index < -0.39 is 0 Å². The number of terminal acetylenes is 1. The number of hydrogen-bond donors (Lipinski definition) is 1. The Morgan fingerprint density at radius 3 is 2.95 bits per heavy atom. The molecular weight excluding hydrogens is 278 g/mol. The van der Waals surface area contributed by atoms with Gasteiger partial charge in [-0.3, -0.25) is 4.79 Å². The van der Waals surface area contributed by atoms with Gasteiger partial charge in [0, 0.05) is 23.0 Å². The van der Waals surface area contributed by atoms with Crippen LogP contribution in [0.3, 0.4) is 0 Å². The van der Waals surface area contributed by atoms with Crippen molar-refractivity contribution in [3.05, 3.63) is 66.4 Å². The molecule has 0 aliphatic carbocycles. The van der Waals surface area contributed by atoms with E-state index in [0.29, 0.717) is 22.6 Å². The zero-order valence-electron chi connectivity index (χ0n) is 11.5. The molecule has 0 radical (unpaired) electrons. The van der Waals surface area contributed by atoms with Crippen molar-refractivity contribution in [2.75, 3.05) is 5.32 Å². The van der Waals surface area contributed by atoms with Crippen molar-refractivity contribution in [1.29, 1.82) is 0 Å². The number of pyridine rings is 1. The van der Waals surface area contributed by atoms with Gasteiger partial charge in [-0.05, 0) is 30.3 Å². The second-order valence-corrected chi connectivity index (χ2v) is 4.42. The smallest absolute Gasteiger partial charge is 0.255 e. The molecule has 1 N–H and O–H groups in total. The first kappa shape index (κ1) is 13.5. The molecule has 3 aromatic rings. The Labute approximate surface area is 126 Å². The van der Waals surface area contributed by atoms with Crippen LogP contribution in [0.4, 0.5) is 5.69 Å². The lowest BCUT2D eigenvalue weighted by atomic mass is 10.2. The summed E-state index contributed by atoms with van der Waals surface area (Å²) in [5, 5.41) is 6.78. The SMILES string of the molecule is C#Cc1cccc(NC(=O)c2ccnc(-n3cncn3)c2)c1. The quantitative estimate of drug-likeness (QED) is 0.747. The molecular formula is C16H11N5O. The van der Waals surface area contributed by atoms with Crippen LogP contribution in [0.1, 0.15) is 15.9 Å². The predicted molar refractivity (Wildman–Crippen MR) is 81.5 cm³/mol. The van der Waals surface area contributed by atoms with Gasteiger partial charge in [-0.1, -0.05) is 12.0 Å². The van der Waals surface area contributed by atoms with E-state index in [2.05, 4.69) is 26.3 Å². The summed E-state index contributed by atoms with van der Waals surface area (Å²) in [5.41, 5.74) is 1.81. The van der Waals surface area contributed by atoms with Gasteiger partial charge in [0.25, 0.3) is 5.91 Å². The molecule has 106 valence electrons. The van der Waals surface area contributed by atoms with Crippen LogP contribution in [-0.4, -0.2) is 25.7 Å². The maximum atomic E-state index is 12.3. The Morgan fingerprint density at radius 1 is 1.27 bits per heavy atom. The highest BCUT2D eigenvalue weighted by Crippen LogP contribution is 2.12. The van der Waals surface area contributed by atoms with Crippen LogP contribution < -0.4 is 5.32 Å². The molecule has 1 amide bonds. The summed E-state index contributed by atoms with van der Waals surface area (Å²) in [6, 6.07) is 10.4. The van der Waals surface area contributed by atoms with Crippen LogP contribution in [0, 0.1) is 12.3 Å². The molecule has 0 bridgehead atoms. The number of carbonyl (C=O) groups excluding carboxylic acids is 1. The highest BCUT2D eigenvalue weighted by atomic mass is 16.1. The van der Waals surface area contributed by atoms with E-state index >= 15 is 0 Å². The lowest BCUT2D eigenvalue weighted by molar-refractivity contribution is 0.102. The Kier molecular flexibility index (Phi) is 3.62. The fourth-order valence-electron chi connectivity index (χ4n) is 1.90. The zero-order valence-corrected chi connectivity index (χ0v) is 11.5. The van der Waals surface area contributed by atoms with Crippen molar-refractivity contribution in [3.8, 4) is 18.2 Å². The van der Waals surface area contributed by atoms with Gasteiger partial charge in [0.2, 0.25) is 0 Å². The van der Waals surface area contributed by atoms with Crippen LogP contribution >= 0.6 is 0 Å². The summed E-state index contributed by atoms with van der Waals surface area (Å²) >= 11 is 0. The summed E-state index contributed by atoms with van der Waals surface area (Å²) in [7, 11) is 0. The van der Waals surface area contributed by atoms with Gasteiger partial charge in [0.1, 0.15) is 12.7 Å². The van der Waals surface area contributed by atoms with Crippen molar-refractivity contribution < 1.29 is 4.79 Å². The van der Waals surface area contributed by atoms with E-state index in [-0.39, 0.29) is 5.91 Å². The average Bonchev–Trinajstić information content (AvgIpc) is 3.09. The third-order valence-corrected chi connectivity index (χ3v) is 2.95. The van der Waals surface area contributed by atoms with E-state index in [0.717, 1.165) is 0 Å². The number of nitrogens with zero attached hydrogens (tertiary/aromatic N) is 4. The average molecular weight is 289 g/mol. The van der Waals surface area contributed by atoms with Crippen LogP contribution in [0.25, 0.3) is 5.82 Å². The molecule has 3 rings (SSSR count). The molecule has 0 saturated heterocycles. The summed E-state index contributed by atoms with van der Waals surface area (Å²) < 4.78 is 1.48. The summed E-state index contributed by atoms with van der Waals surface area (Å²) in [5.74, 6) is 2.79. The van der Waals surface area contributed by atoms with Gasteiger partial charge in [0.05, 0.1) is 0 Å². The molecule has 0 atom stereocenters. The number of amides is 1. The van der Waals surface area contributed by atoms with Crippen LogP contribution in [0.15, 0.2) is 55.2 Å². The molecule has 0 spiro atoms. The maximum absolute atomic E-state index is 12.3. The van der Waals surface area contributed by atoms with Crippen molar-refractivity contribution >= 4 is 11.6 Å². The first-order valence-corrected chi connectivity index (χ1v) is 6.45. The van der Waals surface area contributed by atoms with Gasteiger partial charge < -0.3 is 5.32 Å². The lowest BCUT2D eigenvalue weighted by Gasteiger charge is -2.07. The Bertz CT molecular complexity index is 849. The van der Waals surface area contributed by atoms with Crippen LogP contribution in [0.2, 0.25) is 0 Å². The third kappa shape index (κ3) is 2.83. The number of anilines is 1. The number of rotatable bonds is 3. The highest BCUT2D eigenvalue weighted by molar-refractivity contribution is 6.04. The normalized spacial score (nSPS) is 9.95. The van der Waals surface area contributed by atoms with Gasteiger partial charge in [-0.15, -0.1) is 6.42 Å². The molecule has 0 fully saturated rings. The standard InChI is InChI=1S/C16H11N5O/c1-2-12-4-3-5-14(8-12)20-16(22)13-6-7-18-15(9-13)21-11-17-10-19-21/h1,3-11H,(H,20,22). The lowest BCUT2D eigenvalue weighted by Crippen LogP contribution is -2.13. The number of nitrogens with one attached hydrogen (secondary N) is 1. The Morgan fingerprint density at radius 2 is 2.18 bits per heavy atom. The summed E-state index contributed by atoms with van der Waals surface area (Å²) in [4.78, 5) is 20.3. The molecule has 22 heavy (non-hydrogen) atoms. The second-order valence-electron chi connectivity index (χ2n) is 4.42. The molecule has 0 saturated carbocycles. The maximum Gasteiger partial charge on any atom is 0.255 e. The predicted octanol–water partition coefficient (Wildman–Crippen LogP) is 1.90. The Balaban J connectivity index is 1.83. The summed E-state index contributed by atoms with van der Waals surface area (Å²) in [6.45, 7) is 0. The molecule has 2 aromatic heterocycles. The van der Waals surface area contributed by atoms with E-state index in [1.54, 1.807) is 42.6 Å². The fourth-order valence-corrected chi connectivity index (χ4v) is 1.90. The molecule has 0 unspecified atom stereocenters. The summed E-state index contributed by atoms with van der Waals surface area (Å²) in [6.07, 6.45) is 9.81. The second kappa shape index (κ2) is 5.89. The minimum Gasteiger partial charge on any atom is -0.322 e. The van der Waals surface area contributed by atoms with Gasteiger partial charge >= 0.3 is 0 Å². The number of hydrogen-bond acceptors (Lipinski definition) is 4. The molecule has 0 aliphatic rings. The van der Waals surface area contributed by atoms with Crippen molar-refractivity contribution in [2.45, 2.75) is 0 Å². The largest absolute Gasteiger partial charge is 0.322 e. The van der Waals surface area contributed by atoms with E-state index in [4.69, 9.17) is 6.42 Å². The number of benzene rings is 1. The van der Waals surface area contributed by atoms with Gasteiger partial charge in [-0.2, -0.15) is 5.10 Å². The molecule has 1 aromatic carbocycles. The third-order valence-electron chi connectivity index (χ3n) is 2.95. The molecule has 6 nitrogen and oxygen atoms in total. The fraction of sp³-hybridized carbons (Fsp3) is 0. The molecule has 6 heteroatoms. The molecule has 0 aliphatic heterocycles. The van der Waals surface area contributed by atoms with E-state index in [1.807, 2.05) is 0 Å². The Hall–Kier alpha value is -3.46. The minimum atomic E-state index is -0.252. The van der Waals surface area contributed by atoms with Crippen molar-refractivity contribution in [3.63, 3.8) is 0 Å². The highest BCUT2D eigenvalue weighted by Gasteiger charge is 2.09. The number of aromatic nitrogens is 4. The van der Waals surface area contributed by atoms with Crippen molar-refractivity contribution in [2.24, 2.45) is 0 Å². The van der Waals surface area contributed by atoms with Crippen LogP contribution in [0.5, 0.6) is 0 Å². The molecule has 2 heterocycles. The van der Waals surface area contributed by atoms with Crippen LogP contribution in [-0.2, 0) is 0 Å². The van der Waals surface area contributed by atoms with Gasteiger partial charge in [0.15, 0.2) is 5.82 Å². The van der Waals surface area contributed by atoms with E-state index in [9.17, 15) is 4.79 Å². The number of carbonyl (C=O) groups is 1. The van der Waals surface area contributed by atoms with Gasteiger partial charge in [-0.25, -0.2) is 14.6 Å². The minimum absolute atomic E-state index is 0.252. The first-order chi connectivity index (χ1) is 10.8. The monoisotopic (exact) mass is 289 g/mol. The topological polar surface area (TPSA) is 72.7 Å².